The van der Waals surface area contributed by atoms with Crippen molar-refractivity contribution in [1.82, 2.24) is 15.1 Å². The lowest BCUT2D eigenvalue weighted by atomic mass is 10.2. The van der Waals surface area contributed by atoms with Crippen LogP contribution in [0.5, 0.6) is 5.75 Å². The molecule has 0 atom stereocenters. The van der Waals surface area contributed by atoms with Gasteiger partial charge in [-0.3, -0.25) is 0 Å². The molecule has 0 saturated heterocycles. The van der Waals surface area contributed by atoms with Gasteiger partial charge in [-0.05, 0) is 63.2 Å². The van der Waals surface area contributed by atoms with Crippen LogP contribution in [0.4, 0.5) is 18.0 Å². The molecule has 0 fully saturated rings. The van der Waals surface area contributed by atoms with Crippen molar-refractivity contribution in [2.75, 3.05) is 0 Å². The lowest BCUT2D eigenvalue weighted by Crippen LogP contribution is -2.32. The number of rotatable bonds is 3. The van der Waals surface area contributed by atoms with E-state index in [0.29, 0.717) is 22.3 Å². The van der Waals surface area contributed by atoms with Gasteiger partial charge in [0.2, 0.25) is 0 Å². The van der Waals surface area contributed by atoms with Crippen LogP contribution in [0.1, 0.15) is 32.0 Å². The highest BCUT2D eigenvalue weighted by Gasteiger charge is 2.30. The zero-order chi connectivity index (χ0) is 21.4. The van der Waals surface area contributed by atoms with E-state index in [9.17, 15) is 23.1 Å². The predicted octanol–water partition coefficient (Wildman–Crippen LogP) is 4.77. The zero-order valence-electron chi connectivity index (χ0n) is 16.0. The summed E-state index contributed by atoms with van der Waals surface area (Å²) < 4.78 is 45.1. The van der Waals surface area contributed by atoms with Gasteiger partial charge < -0.3 is 15.2 Å². The molecule has 0 bridgehead atoms. The number of fused-ring (bicyclic) bond motifs is 1. The molecule has 1 amide bonds. The van der Waals surface area contributed by atoms with Crippen molar-refractivity contribution in [2.24, 2.45) is 0 Å². The molecule has 9 heteroatoms. The normalized spacial score (nSPS) is 12.2. The molecule has 0 unspecified atom stereocenters. The summed E-state index contributed by atoms with van der Waals surface area (Å²) >= 11 is 0. The van der Waals surface area contributed by atoms with Crippen LogP contribution in [-0.4, -0.2) is 26.6 Å². The maximum atomic E-state index is 12.8. The summed E-state index contributed by atoms with van der Waals surface area (Å²) in [5.74, 6) is 0.00277. The SMILES string of the molecule is CC(C)(C)OC(=O)NCc1nn(-c2ccc(C(F)(F)F)cc2)c2ccc(O)cc12. The first-order valence-electron chi connectivity index (χ1n) is 8.79. The van der Waals surface area contributed by atoms with E-state index < -0.39 is 23.4 Å². The molecule has 1 heterocycles. The number of carbonyl (C=O) groups is 1. The highest BCUT2D eigenvalue weighted by molar-refractivity contribution is 5.85. The van der Waals surface area contributed by atoms with Crippen molar-refractivity contribution >= 4 is 17.0 Å². The summed E-state index contributed by atoms with van der Waals surface area (Å²) in [6.45, 7) is 5.22. The fourth-order valence-corrected chi connectivity index (χ4v) is 2.76. The van der Waals surface area contributed by atoms with Crippen LogP contribution < -0.4 is 5.32 Å². The minimum absolute atomic E-state index is 0.00277. The van der Waals surface area contributed by atoms with Crippen LogP contribution in [0.25, 0.3) is 16.6 Å². The number of hydrogen-bond donors (Lipinski definition) is 2. The molecular weight excluding hydrogens is 387 g/mol. The zero-order valence-corrected chi connectivity index (χ0v) is 16.0. The third kappa shape index (κ3) is 4.79. The molecule has 2 aromatic carbocycles. The second-order valence-electron chi connectivity index (χ2n) is 7.46. The van der Waals surface area contributed by atoms with E-state index >= 15 is 0 Å². The van der Waals surface area contributed by atoms with Crippen LogP contribution in [0.15, 0.2) is 42.5 Å². The first-order chi connectivity index (χ1) is 13.4. The Bertz CT molecular complexity index is 1040. The van der Waals surface area contributed by atoms with Crippen molar-refractivity contribution in [3.05, 3.63) is 53.7 Å². The number of alkyl halides is 3. The smallest absolute Gasteiger partial charge is 0.416 e. The minimum atomic E-state index is -4.43. The quantitative estimate of drug-likeness (QED) is 0.656. The first kappa shape index (κ1) is 20.5. The molecule has 0 radical (unpaired) electrons. The maximum absolute atomic E-state index is 12.8. The van der Waals surface area contributed by atoms with Crippen molar-refractivity contribution in [1.29, 1.82) is 0 Å². The maximum Gasteiger partial charge on any atom is 0.416 e. The van der Waals surface area contributed by atoms with Gasteiger partial charge in [0.15, 0.2) is 0 Å². The summed E-state index contributed by atoms with van der Waals surface area (Å²) in [6.07, 6.45) is -5.06. The predicted molar refractivity (Wildman–Crippen MR) is 101 cm³/mol. The number of halogens is 3. The molecule has 2 N–H and O–H groups in total. The first-order valence-corrected chi connectivity index (χ1v) is 8.79. The molecule has 3 aromatic rings. The molecule has 0 aliphatic carbocycles. The fourth-order valence-electron chi connectivity index (χ4n) is 2.76. The summed E-state index contributed by atoms with van der Waals surface area (Å²) in [5, 5.41) is 17.4. The Morgan fingerprint density at radius 2 is 1.79 bits per heavy atom. The molecule has 0 spiro atoms. The number of carbonyl (C=O) groups excluding carboxylic acids is 1. The van der Waals surface area contributed by atoms with Crippen molar-refractivity contribution in [3.63, 3.8) is 0 Å². The topological polar surface area (TPSA) is 76.4 Å². The van der Waals surface area contributed by atoms with Crippen molar-refractivity contribution in [3.8, 4) is 11.4 Å². The van der Waals surface area contributed by atoms with Gasteiger partial charge in [0.25, 0.3) is 0 Å². The monoisotopic (exact) mass is 407 g/mol. The van der Waals surface area contributed by atoms with E-state index in [2.05, 4.69) is 10.4 Å². The van der Waals surface area contributed by atoms with E-state index in [-0.39, 0.29) is 12.3 Å². The molecule has 0 aliphatic rings. The number of alkyl carbamates (subject to hydrolysis) is 1. The van der Waals surface area contributed by atoms with Gasteiger partial charge >= 0.3 is 12.3 Å². The summed E-state index contributed by atoms with van der Waals surface area (Å²) in [7, 11) is 0. The van der Waals surface area contributed by atoms with Gasteiger partial charge in [-0.15, -0.1) is 0 Å². The highest BCUT2D eigenvalue weighted by atomic mass is 19.4. The molecule has 0 saturated carbocycles. The second-order valence-corrected chi connectivity index (χ2v) is 7.46. The van der Waals surface area contributed by atoms with Gasteiger partial charge in [0.05, 0.1) is 29.0 Å². The van der Waals surface area contributed by atoms with E-state index in [4.69, 9.17) is 4.74 Å². The third-order valence-electron chi connectivity index (χ3n) is 3.98. The minimum Gasteiger partial charge on any atom is -0.508 e. The summed E-state index contributed by atoms with van der Waals surface area (Å²) in [6, 6.07) is 9.11. The average molecular weight is 407 g/mol. The number of ether oxygens (including phenoxy) is 1. The molecule has 0 aliphatic heterocycles. The van der Waals surface area contributed by atoms with Gasteiger partial charge in [0.1, 0.15) is 11.4 Å². The van der Waals surface area contributed by atoms with Crippen LogP contribution in [0.3, 0.4) is 0 Å². The number of aromatic nitrogens is 2. The lowest BCUT2D eigenvalue weighted by Gasteiger charge is -2.19. The molecule has 29 heavy (non-hydrogen) atoms. The number of aromatic hydroxyl groups is 1. The standard InChI is InChI=1S/C20H20F3N3O3/c1-19(2,3)29-18(28)24-11-16-15-10-14(27)8-9-17(15)26(25-16)13-6-4-12(5-7-13)20(21,22)23/h4-10,27H,11H2,1-3H3,(H,24,28). The number of phenolic OH excluding ortho intramolecular Hbond substituents is 1. The van der Waals surface area contributed by atoms with E-state index in [1.165, 1.54) is 28.9 Å². The molecule has 154 valence electrons. The molecule has 3 rings (SSSR count). The van der Waals surface area contributed by atoms with Gasteiger partial charge in [-0.1, -0.05) is 0 Å². The Hall–Kier alpha value is -3.23. The third-order valence-corrected chi connectivity index (χ3v) is 3.98. The number of phenols is 1. The number of hydrogen-bond acceptors (Lipinski definition) is 4. The van der Waals surface area contributed by atoms with E-state index in [1.807, 2.05) is 0 Å². The number of benzene rings is 2. The lowest BCUT2D eigenvalue weighted by molar-refractivity contribution is -0.137. The Morgan fingerprint density at radius 3 is 2.38 bits per heavy atom. The fraction of sp³-hybridized carbons (Fsp3) is 0.300. The van der Waals surface area contributed by atoms with Crippen molar-refractivity contribution in [2.45, 2.75) is 39.1 Å². The highest BCUT2D eigenvalue weighted by Crippen LogP contribution is 2.31. The summed E-state index contributed by atoms with van der Waals surface area (Å²) in [4.78, 5) is 11.9. The second kappa shape index (κ2) is 7.31. The average Bonchev–Trinajstić information content (AvgIpc) is 2.95. The van der Waals surface area contributed by atoms with Crippen LogP contribution in [-0.2, 0) is 17.5 Å². The molecular formula is C20H20F3N3O3. The summed E-state index contributed by atoms with van der Waals surface area (Å²) in [5.41, 5.74) is -0.00567. The Balaban J connectivity index is 1.94. The molecule has 6 nitrogen and oxygen atoms in total. The Morgan fingerprint density at radius 1 is 1.14 bits per heavy atom. The number of nitrogens with zero attached hydrogens (tertiary/aromatic N) is 2. The molecule has 1 aromatic heterocycles. The number of nitrogens with one attached hydrogen (secondary N) is 1. The van der Waals surface area contributed by atoms with Gasteiger partial charge in [-0.25, -0.2) is 9.48 Å². The van der Waals surface area contributed by atoms with Crippen LogP contribution in [0, 0.1) is 0 Å². The van der Waals surface area contributed by atoms with Crippen molar-refractivity contribution < 1.29 is 27.8 Å². The van der Waals surface area contributed by atoms with Gasteiger partial charge in [-0.2, -0.15) is 18.3 Å². The van der Waals surface area contributed by atoms with Crippen LogP contribution in [0.2, 0.25) is 0 Å². The van der Waals surface area contributed by atoms with Crippen LogP contribution >= 0.6 is 0 Å². The van der Waals surface area contributed by atoms with E-state index in [1.54, 1.807) is 26.8 Å². The Labute approximate surface area is 164 Å². The van der Waals surface area contributed by atoms with E-state index in [0.717, 1.165) is 12.1 Å². The number of amides is 1. The largest absolute Gasteiger partial charge is 0.508 e. The van der Waals surface area contributed by atoms with Gasteiger partial charge in [0, 0.05) is 5.39 Å². The Kier molecular flexibility index (Phi) is 5.16.